The number of benzene rings is 2. The molecule has 0 saturated heterocycles. The Morgan fingerprint density at radius 3 is 2.43 bits per heavy atom. The highest BCUT2D eigenvalue weighted by Gasteiger charge is 2.13. The summed E-state index contributed by atoms with van der Waals surface area (Å²) in [5.74, 6) is -0.0805. The first-order valence-electron chi connectivity index (χ1n) is 6.37. The number of rotatable bonds is 4. The summed E-state index contributed by atoms with van der Waals surface area (Å²) in [4.78, 5) is 14.3. The zero-order valence-electron chi connectivity index (χ0n) is 11.5. The van der Waals surface area contributed by atoms with E-state index in [2.05, 4.69) is 0 Å². The first kappa shape index (κ1) is 15.5. The fraction of sp³-hybridized carbons (Fsp3) is 0.125. The summed E-state index contributed by atoms with van der Waals surface area (Å²) in [5, 5.41) is 0.678. The normalized spacial score (nSPS) is 10.2. The third-order valence-electron chi connectivity index (χ3n) is 3.07. The summed E-state index contributed by atoms with van der Waals surface area (Å²) in [6, 6.07) is 14.4. The highest BCUT2D eigenvalue weighted by molar-refractivity contribution is 7.80. The van der Waals surface area contributed by atoms with Crippen LogP contribution in [0, 0.1) is 0 Å². The van der Waals surface area contributed by atoms with Gasteiger partial charge in [-0.25, -0.2) is 0 Å². The molecule has 0 aliphatic rings. The van der Waals surface area contributed by atoms with Crippen LogP contribution in [0.5, 0.6) is 0 Å². The molecule has 0 bridgehead atoms. The smallest absolute Gasteiger partial charge is 0.253 e. The van der Waals surface area contributed by atoms with Crippen molar-refractivity contribution in [1.82, 2.24) is 4.90 Å². The predicted octanol–water partition coefficient (Wildman–Crippen LogP) is 3.25. The van der Waals surface area contributed by atoms with Gasteiger partial charge in [-0.3, -0.25) is 4.79 Å². The van der Waals surface area contributed by atoms with Crippen LogP contribution < -0.4 is 5.73 Å². The molecule has 0 aliphatic carbocycles. The molecule has 0 aliphatic heterocycles. The topological polar surface area (TPSA) is 46.3 Å². The fourth-order valence-corrected chi connectivity index (χ4v) is 2.21. The quantitative estimate of drug-likeness (QED) is 0.880. The number of carbonyl (C=O) groups is 1. The molecule has 1 amide bonds. The molecule has 0 radical (unpaired) electrons. The highest BCUT2D eigenvalue weighted by Crippen LogP contribution is 2.13. The lowest BCUT2D eigenvalue weighted by molar-refractivity contribution is 0.0785. The number of thiocarbonyl (C=S) groups is 1. The highest BCUT2D eigenvalue weighted by atomic mass is 35.5. The number of amides is 1. The summed E-state index contributed by atoms with van der Waals surface area (Å²) < 4.78 is 0. The Balaban J connectivity index is 2.13. The minimum atomic E-state index is -0.0805. The number of hydrogen-bond donors (Lipinski definition) is 1. The monoisotopic (exact) mass is 318 g/mol. The minimum Gasteiger partial charge on any atom is -0.389 e. The molecule has 2 aromatic carbocycles. The third kappa shape index (κ3) is 4.03. The van der Waals surface area contributed by atoms with Gasteiger partial charge in [0, 0.05) is 29.7 Å². The summed E-state index contributed by atoms with van der Waals surface area (Å²) in [5.41, 5.74) is 7.86. The van der Waals surface area contributed by atoms with Crippen LogP contribution in [0.2, 0.25) is 5.02 Å². The number of nitrogens with zero attached hydrogens (tertiary/aromatic N) is 1. The molecule has 0 unspecified atom stereocenters. The van der Waals surface area contributed by atoms with E-state index >= 15 is 0 Å². The van der Waals surface area contributed by atoms with Crippen LogP contribution in [0.4, 0.5) is 0 Å². The molecule has 5 heteroatoms. The molecule has 2 rings (SSSR count). The molecular formula is C16H15ClN2OS. The lowest BCUT2D eigenvalue weighted by atomic mass is 10.1. The second kappa shape index (κ2) is 6.70. The Morgan fingerprint density at radius 1 is 1.19 bits per heavy atom. The van der Waals surface area contributed by atoms with Gasteiger partial charge in [-0.2, -0.15) is 0 Å². The van der Waals surface area contributed by atoms with Crippen LogP contribution in [-0.4, -0.2) is 22.8 Å². The Morgan fingerprint density at radius 2 is 1.81 bits per heavy atom. The molecule has 0 aromatic heterocycles. The summed E-state index contributed by atoms with van der Waals surface area (Å²) in [7, 11) is 1.75. The van der Waals surface area contributed by atoms with Gasteiger partial charge in [0.1, 0.15) is 4.99 Å². The second-order valence-electron chi connectivity index (χ2n) is 4.73. The molecule has 2 N–H and O–H groups in total. The third-order valence-corrected chi connectivity index (χ3v) is 3.56. The van der Waals surface area contributed by atoms with Crippen molar-refractivity contribution in [2.24, 2.45) is 5.73 Å². The van der Waals surface area contributed by atoms with Crippen LogP contribution in [0.25, 0.3) is 0 Å². The van der Waals surface area contributed by atoms with Gasteiger partial charge >= 0.3 is 0 Å². The lowest BCUT2D eigenvalue weighted by Crippen LogP contribution is -2.26. The lowest BCUT2D eigenvalue weighted by Gasteiger charge is -2.17. The first-order chi connectivity index (χ1) is 9.97. The molecule has 0 atom stereocenters. The molecule has 21 heavy (non-hydrogen) atoms. The molecule has 0 saturated carbocycles. The maximum Gasteiger partial charge on any atom is 0.253 e. The van der Waals surface area contributed by atoms with Crippen molar-refractivity contribution in [3.05, 3.63) is 70.2 Å². The van der Waals surface area contributed by atoms with Crippen molar-refractivity contribution in [3.8, 4) is 0 Å². The van der Waals surface area contributed by atoms with Crippen LogP contribution in [0.3, 0.4) is 0 Å². The average Bonchev–Trinajstić information content (AvgIpc) is 2.49. The Bertz CT molecular complexity index is 670. The molecule has 3 nitrogen and oxygen atoms in total. The standard InChI is InChI=1S/C16H15ClN2OS/c1-19(10-11-5-7-14(17)8-6-11)16(20)13-4-2-3-12(9-13)15(18)21/h2-9H,10H2,1H3,(H2,18,21). The largest absolute Gasteiger partial charge is 0.389 e. The number of carbonyl (C=O) groups excluding carboxylic acids is 1. The Labute approximate surface area is 134 Å². The van der Waals surface area contributed by atoms with Crippen molar-refractivity contribution >= 4 is 34.7 Å². The summed E-state index contributed by atoms with van der Waals surface area (Å²) in [6.07, 6.45) is 0. The SMILES string of the molecule is CN(Cc1ccc(Cl)cc1)C(=O)c1cccc(C(N)=S)c1. The zero-order valence-corrected chi connectivity index (χ0v) is 13.1. The number of hydrogen-bond acceptors (Lipinski definition) is 2. The predicted molar refractivity (Wildman–Crippen MR) is 89.6 cm³/mol. The van der Waals surface area contributed by atoms with Crippen molar-refractivity contribution in [3.63, 3.8) is 0 Å². The van der Waals surface area contributed by atoms with Crippen LogP contribution in [0.1, 0.15) is 21.5 Å². The zero-order chi connectivity index (χ0) is 15.4. The van der Waals surface area contributed by atoms with E-state index in [4.69, 9.17) is 29.6 Å². The fourth-order valence-electron chi connectivity index (χ4n) is 1.96. The second-order valence-corrected chi connectivity index (χ2v) is 5.61. The molecule has 0 heterocycles. The Hall–Kier alpha value is -1.91. The molecule has 108 valence electrons. The maximum atomic E-state index is 12.4. The van der Waals surface area contributed by atoms with Crippen LogP contribution in [-0.2, 0) is 6.54 Å². The van der Waals surface area contributed by atoms with E-state index in [9.17, 15) is 4.79 Å². The van der Waals surface area contributed by atoms with Gasteiger partial charge in [0.05, 0.1) is 0 Å². The van der Waals surface area contributed by atoms with Gasteiger partial charge in [0.2, 0.25) is 0 Å². The van der Waals surface area contributed by atoms with Crippen molar-refractivity contribution in [1.29, 1.82) is 0 Å². The van der Waals surface area contributed by atoms with Gasteiger partial charge in [-0.15, -0.1) is 0 Å². The van der Waals surface area contributed by atoms with E-state index < -0.39 is 0 Å². The van der Waals surface area contributed by atoms with E-state index in [1.54, 1.807) is 36.2 Å². The molecule has 2 aromatic rings. The Kier molecular flexibility index (Phi) is 4.94. The maximum absolute atomic E-state index is 12.4. The van der Waals surface area contributed by atoms with Gasteiger partial charge < -0.3 is 10.6 Å². The van der Waals surface area contributed by atoms with Gasteiger partial charge in [0.25, 0.3) is 5.91 Å². The minimum absolute atomic E-state index is 0.0805. The van der Waals surface area contributed by atoms with Crippen LogP contribution >= 0.6 is 23.8 Å². The number of nitrogens with two attached hydrogens (primary N) is 1. The van der Waals surface area contributed by atoms with E-state index in [-0.39, 0.29) is 10.9 Å². The average molecular weight is 319 g/mol. The van der Waals surface area contributed by atoms with Crippen molar-refractivity contribution in [2.75, 3.05) is 7.05 Å². The molecular weight excluding hydrogens is 304 g/mol. The van der Waals surface area contributed by atoms with Gasteiger partial charge in [-0.05, 0) is 29.8 Å². The van der Waals surface area contributed by atoms with E-state index in [1.807, 2.05) is 24.3 Å². The van der Waals surface area contributed by atoms with Crippen molar-refractivity contribution in [2.45, 2.75) is 6.54 Å². The van der Waals surface area contributed by atoms with Gasteiger partial charge in [0.15, 0.2) is 0 Å². The van der Waals surface area contributed by atoms with Crippen molar-refractivity contribution < 1.29 is 4.79 Å². The number of halogens is 1. The van der Waals surface area contributed by atoms with E-state index in [0.717, 1.165) is 5.56 Å². The van der Waals surface area contributed by atoms with E-state index in [1.165, 1.54) is 0 Å². The summed E-state index contributed by atoms with van der Waals surface area (Å²) in [6.45, 7) is 0.507. The first-order valence-corrected chi connectivity index (χ1v) is 7.16. The van der Waals surface area contributed by atoms with E-state index in [0.29, 0.717) is 22.7 Å². The van der Waals surface area contributed by atoms with Crippen LogP contribution in [0.15, 0.2) is 48.5 Å². The molecule has 0 fully saturated rings. The molecule has 0 spiro atoms. The van der Waals surface area contributed by atoms with Gasteiger partial charge in [-0.1, -0.05) is 48.1 Å². The summed E-state index contributed by atoms with van der Waals surface area (Å²) >= 11 is 10.8.